The fourth-order valence-corrected chi connectivity index (χ4v) is 4.32. The number of pyridine rings is 1. The number of anilines is 2. The molecule has 1 atom stereocenters. The summed E-state index contributed by atoms with van der Waals surface area (Å²) in [5, 5.41) is 7.27. The number of fused-ring (bicyclic) bond motifs is 1. The lowest BCUT2D eigenvalue weighted by molar-refractivity contribution is 0.0943. The Labute approximate surface area is 188 Å². The molecule has 2 N–H and O–H groups in total. The summed E-state index contributed by atoms with van der Waals surface area (Å²) in [4.78, 5) is 20.3. The molecule has 168 valence electrons. The Bertz CT molecular complexity index is 1100. The topological polar surface area (TPSA) is 75.7 Å². The average Bonchev–Trinajstić information content (AvgIpc) is 3.30. The summed E-state index contributed by atoms with van der Waals surface area (Å²) >= 11 is 0. The Kier molecular flexibility index (Phi) is 6.75. The fraction of sp³-hybridized carbons (Fsp3) is 0.360. The molecule has 0 saturated carbocycles. The number of likely N-dealkylation sites (N-methyl/N-ethyl adjacent to an activating group) is 1. The van der Waals surface area contributed by atoms with Crippen LogP contribution in [-0.4, -0.2) is 55.7 Å². The van der Waals surface area contributed by atoms with Gasteiger partial charge < -0.3 is 20.1 Å². The third-order valence-electron chi connectivity index (χ3n) is 6.04. The van der Waals surface area contributed by atoms with E-state index in [2.05, 4.69) is 22.5 Å². The number of hydrogen-bond acceptors (Lipinski definition) is 6. The van der Waals surface area contributed by atoms with Gasteiger partial charge in [-0.05, 0) is 50.2 Å². The van der Waals surface area contributed by atoms with Crippen molar-refractivity contribution in [2.24, 2.45) is 0 Å². The van der Waals surface area contributed by atoms with Crippen molar-refractivity contribution in [2.75, 3.05) is 39.2 Å². The normalized spacial score (nSPS) is 16.2. The van der Waals surface area contributed by atoms with E-state index in [4.69, 9.17) is 14.5 Å². The van der Waals surface area contributed by atoms with Gasteiger partial charge >= 0.3 is 0 Å². The molecule has 32 heavy (non-hydrogen) atoms. The highest BCUT2D eigenvalue weighted by Gasteiger charge is 2.24. The maximum atomic E-state index is 13.2. The number of aromatic nitrogens is 1. The maximum Gasteiger partial charge on any atom is 0.252 e. The number of carbonyl (C=O) groups excluding carboxylic acids is 1. The number of hydrogen-bond donors (Lipinski definition) is 2. The zero-order valence-corrected chi connectivity index (χ0v) is 18.9. The molecular weight excluding hydrogens is 404 g/mol. The van der Waals surface area contributed by atoms with Crippen LogP contribution in [-0.2, 0) is 0 Å². The van der Waals surface area contributed by atoms with Gasteiger partial charge in [0, 0.05) is 24.0 Å². The number of benzene rings is 2. The van der Waals surface area contributed by atoms with Crippen LogP contribution in [0.5, 0.6) is 11.5 Å². The summed E-state index contributed by atoms with van der Waals surface area (Å²) in [6.07, 6.45) is 2.31. The first kappa shape index (κ1) is 21.9. The largest absolute Gasteiger partial charge is 0.497 e. The van der Waals surface area contributed by atoms with E-state index in [1.807, 2.05) is 36.4 Å². The Hall–Kier alpha value is -3.32. The first-order valence-electron chi connectivity index (χ1n) is 11.0. The van der Waals surface area contributed by atoms with E-state index in [0.29, 0.717) is 35.5 Å². The predicted molar refractivity (Wildman–Crippen MR) is 127 cm³/mol. The smallest absolute Gasteiger partial charge is 0.252 e. The molecule has 0 bridgehead atoms. The molecule has 1 fully saturated rings. The summed E-state index contributed by atoms with van der Waals surface area (Å²) in [7, 11) is 3.22. The molecule has 1 saturated heterocycles. The molecule has 3 aromatic rings. The highest BCUT2D eigenvalue weighted by molar-refractivity contribution is 6.07. The van der Waals surface area contributed by atoms with Gasteiger partial charge in [0.1, 0.15) is 17.3 Å². The number of nitrogens with one attached hydrogen (secondary N) is 2. The third-order valence-corrected chi connectivity index (χ3v) is 6.04. The number of methoxy groups -OCH3 is 2. The zero-order valence-electron chi connectivity index (χ0n) is 18.9. The van der Waals surface area contributed by atoms with Crippen LogP contribution in [0.25, 0.3) is 10.9 Å². The first-order chi connectivity index (χ1) is 15.6. The van der Waals surface area contributed by atoms with Gasteiger partial charge in [-0.15, -0.1) is 0 Å². The molecule has 0 spiro atoms. The summed E-state index contributed by atoms with van der Waals surface area (Å²) in [6.45, 7) is 4.93. The van der Waals surface area contributed by atoms with E-state index in [0.717, 1.165) is 36.1 Å². The number of ether oxygens (including phenoxy) is 2. The van der Waals surface area contributed by atoms with E-state index in [1.165, 1.54) is 6.42 Å². The van der Waals surface area contributed by atoms with Gasteiger partial charge in [-0.1, -0.05) is 25.1 Å². The van der Waals surface area contributed by atoms with Gasteiger partial charge in [-0.25, -0.2) is 4.98 Å². The van der Waals surface area contributed by atoms with Crippen LogP contribution < -0.4 is 20.1 Å². The number of carbonyl (C=O) groups is 1. The molecule has 1 aliphatic heterocycles. The van der Waals surface area contributed by atoms with E-state index in [9.17, 15) is 4.79 Å². The molecule has 2 aromatic carbocycles. The number of rotatable bonds is 8. The van der Waals surface area contributed by atoms with Crippen molar-refractivity contribution in [3.05, 3.63) is 54.1 Å². The van der Waals surface area contributed by atoms with Crippen LogP contribution in [0.15, 0.2) is 48.5 Å². The molecule has 0 aliphatic carbocycles. The minimum absolute atomic E-state index is 0.0868. The summed E-state index contributed by atoms with van der Waals surface area (Å²) in [6, 6.07) is 15.4. The van der Waals surface area contributed by atoms with Crippen LogP contribution in [0.2, 0.25) is 0 Å². The Balaban J connectivity index is 1.61. The Morgan fingerprint density at radius 2 is 2.00 bits per heavy atom. The minimum Gasteiger partial charge on any atom is -0.497 e. The van der Waals surface area contributed by atoms with Crippen LogP contribution in [0.4, 0.5) is 11.5 Å². The van der Waals surface area contributed by atoms with Gasteiger partial charge in [0.25, 0.3) is 5.91 Å². The van der Waals surface area contributed by atoms with E-state index in [-0.39, 0.29) is 5.91 Å². The molecule has 7 heteroatoms. The molecule has 0 unspecified atom stereocenters. The monoisotopic (exact) mass is 434 g/mol. The summed E-state index contributed by atoms with van der Waals surface area (Å²) in [5.74, 6) is 1.82. The molecule has 1 aromatic heterocycles. The SMILES string of the molecule is CCN1CCC[C@@H]1CNC(=O)c1cc(Nc2ccc(OC)cc2OC)nc2ccccc12. The first-order valence-corrected chi connectivity index (χ1v) is 11.0. The molecule has 1 amide bonds. The number of para-hydroxylation sites is 1. The molecular formula is C25H30N4O3. The fourth-order valence-electron chi connectivity index (χ4n) is 4.32. The van der Waals surface area contributed by atoms with Crippen molar-refractivity contribution in [3.8, 4) is 11.5 Å². The van der Waals surface area contributed by atoms with Crippen LogP contribution in [0.1, 0.15) is 30.1 Å². The van der Waals surface area contributed by atoms with Gasteiger partial charge in [0.15, 0.2) is 0 Å². The quantitative estimate of drug-likeness (QED) is 0.553. The molecule has 7 nitrogen and oxygen atoms in total. The maximum absolute atomic E-state index is 13.2. The molecule has 0 radical (unpaired) electrons. The van der Waals surface area contributed by atoms with E-state index < -0.39 is 0 Å². The van der Waals surface area contributed by atoms with Crippen molar-refractivity contribution in [2.45, 2.75) is 25.8 Å². The van der Waals surface area contributed by atoms with Crippen molar-refractivity contribution in [3.63, 3.8) is 0 Å². The lowest BCUT2D eigenvalue weighted by Crippen LogP contribution is -2.40. The Morgan fingerprint density at radius 3 is 2.78 bits per heavy atom. The number of nitrogens with zero attached hydrogens (tertiary/aromatic N) is 2. The Morgan fingerprint density at radius 1 is 1.16 bits per heavy atom. The lowest BCUT2D eigenvalue weighted by Gasteiger charge is -2.23. The second kappa shape index (κ2) is 9.87. The predicted octanol–water partition coefficient (Wildman–Crippen LogP) is 4.21. The van der Waals surface area contributed by atoms with E-state index in [1.54, 1.807) is 26.4 Å². The van der Waals surface area contributed by atoms with Crippen molar-refractivity contribution in [1.82, 2.24) is 15.2 Å². The zero-order chi connectivity index (χ0) is 22.5. The average molecular weight is 435 g/mol. The van der Waals surface area contributed by atoms with Crippen LogP contribution in [0, 0.1) is 0 Å². The van der Waals surface area contributed by atoms with Crippen LogP contribution >= 0.6 is 0 Å². The molecule has 2 heterocycles. The van der Waals surface area contributed by atoms with E-state index >= 15 is 0 Å². The summed E-state index contributed by atoms with van der Waals surface area (Å²) in [5.41, 5.74) is 2.10. The lowest BCUT2D eigenvalue weighted by atomic mass is 10.1. The van der Waals surface area contributed by atoms with Gasteiger partial charge in [-0.2, -0.15) is 0 Å². The minimum atomic E-state index is -0.0868. The molecule has 4 rings (SSSR count). The highest BCUT2D eigenvalue weighted by atomic mass is 16.5. The molecule has 1 aliphatic rings. The standard InChI is InChI=1S/C25H30N4O3/c1-4-29-13-7-8-17(29)16-26-25(30)20-15-24(27-21-10-6-5-9-19(20)21)28-22-12-11-18(31-2)14-23(22)32-3/h5-6,9-12,14-15,17H,4,7-8,13,16H2,1-3H3,(H,26,30)(H,27,28)/t17-/m1/s1. The highest BCUT2D eigenvalue weighted by Crippen LogP contribution is 2.32. The second-order valence-electron chi connectivity index (χ2n) is 7.90. The van der Waals surface area contributed by atoms with Gasteiger partial charge in [0.05, 0.1) is 31.0 Å². The number of amides is 1. The van der Waals surface area contributed by atoms with Gasteiger partial charge in [-0.3, -0.25) is 9.69 Å². The van der Waals surface area contributed by atoms with Crippen molar-refractivity contribution in [1.29, 1.82) is 0 Å². The van der Waals surface area contributed by atoms with Crippen molar-refractivity contribution < 1.29 is 14.3 Å². The second-order valence-corrected chi connectivity index (χ2v) is 7.90. The third kappa shape index (κ3) is 4.62. The number of likely N-dealkylation sites (tertiary alicyclic amines) is 1. The summed E-state index contributed by atoms with van der Waals surface area (Å²) < 4.78 is 10.8. The van der Waals surface area contributed by atoms with Crippen LogP contribution in [0.3, 0.4) is 0 Å². The van der Waals surface area contributed by atoms with Gasteiger partial charge in [0.2, 0.25) is 0 Å². The van der Waals surface area contributed by atoms with Crippen molar-refractivity contribution >= 4 is 28.3 Å².